The lowest BCUT2D eigenvalue weighted by molar-refractivity contribution is -0.0673. The van der Waals surface area contributed by atoms with Gasteiger partial charge in [0.05, 0.1) is 36.8 Å². The molecule has 0 bridgehead atoms. The van der Waals surface area contributed by atoms with Gasteiger partial charge in [0.15, 0.2) is 0 Å². The minimum atomic E-state index is -0.887. The maximum atomic E-state index is 7.54. The molecule has 256 valence electrons. The van der Waals surface area contributed by atoms with E-state index < -0.39 is 24.1 Å². The maximum absolute atomic E-state index is 7.54. The van der Waals surface area contributed by atoms with Crippen LogP contribution in [-0.4, -0.2) is 37.3 Å². The molecule has 4 aromatic rings. The molecule has 0 spiro atoms. The van der Waals surface area contributed by atoms with Crippen molar-refractivity contribution >= 4 is 18.7 Å². The summed E-state index contributed by atoms with van der Waals surface area (Å²) in [6.07, 6.45) is 12.2. The molecule has 0 radical (unpaired) electrons. The van der Waals surface area contributed by atoms with Gasteiger partial charge >= 0.3 is 7.12 Å². The lowest BCUT2D eigenvalue weighted by Crippen LogP contribution is -2.45. The SMILES string of the molecule is Cl[C@@H](B1O[C@H](C2CCCCC2)[C@@H](C2CCCCC2)O1)[C@H](COC(c1ccccc1)(c1ccccc1)c1ccccc1)OCc1ccccc1. The maximum Gasteiger partial charge on any atom is 0.479 e. The van der Waals surface area contributed by atoms with Crippen LogP contribution in [0.2, 0.25) is 0 Å². The molecular weight excluding hydrogens is 627 g/mol. The van der Waals surface area contributed by atoms with Gasteiger partial charge in [-0.15, -0.1) is 11.6 Å². The molecule has 6 heteroatoms. The predicted octanol–water partition coefficient (Wildman–Crippen LogP) is 10.2. The molecular formula is C43H50BClO4. The molecule has 1 heterocycles. The second-order valence-electron chi connectivity index (χ2n) is 14.2. The van der Waals surface area contributed by atoms with E-state index in [1.165, 1.54) is 64.2 Å². The van der Waals surface area contributed by atoms with E-state index in [0.717, 1.165) is 22.3 Å². The molecule has 4 atom stereocenters. The van der Waals surface area contributed by atoms with Crippen molar-refractivity contribution in [3.05, 3.63) is 144 Å². The topological polar surface area (TPSA) is 36.9 Å². The zero-order valence-electron chi connectivity index (χ0n) is 28.6. The quantitative estimate of drug-likeness (QED) is 0.0802. The standard InChI is InChI=1S/C43H50BClO4/c45-42(44-48-40(34-21-9-2-10-22-34)41(49-44)35-23-11-3-12-24-35)39(46-31-33-19-7-1-8-20-33)32-47-43(36-25-13-4-14-26-36,37-27-15-5-16-28-37)38-29-17-6-18-30-38/h1,4-8,13-20,25-30,34-35,39-42H,2-3,9-12,21-24,31-32H2/t39-,40+,41+,42+/m0/s1. The van der Waals surface area contributed by atoms with Crippen LogP contribution in [0.15, 0.2) is 121 Å². The molecule has 3 fully saturated rings. The fourth-order valence-electron chi connectivity index (χ4n) is 8.49. The Morgan fingerprint density at radius 2 is 1.00 bits per heavy atom. The van der Waals surface area contributed by atoms with Crippen molar-refractivity contribution in [1.29, 1.82) is 0 Å². The van der Waals surface area contributed by atoms with Crippen molar-refractivity contribution in [1.82, 2.24) is 0 Å². The van der Waals surface area contributed by atoms with Crippen LogP contribution < -0.4 is 0 Å². The minimum Gasteiger partial charge on any atom is -0.404 e. The number of alkyl halides is 1. The molecule has 49 heavy (non-hydrogen) atoms. The smallest absolute Gasteiger partial charge is 0.404 e. The summed E-state index contributed by atoms with van der Waals surface area (Å²) in [5.41, 5.74) is 3.34. The van der Waals surface area contributed by atoms with Gasteiger partial charge in [0.2, 0.25) is 0 Å². The van der Waals surface area contributed by atoms with Crippen LogP contribution in [0.4, 0.5) is 0 Å². The van der Waals surface area contributed by atoms with Gasteiger partial charge < -0.3 is 18.8 Å². The second-order valence-corrected chi connectivity index (χ2v) is 14.7. The van der Waals surface area contributed by atoms with Crippen molar-refractivity contribution in [3.8, 4) is 0 Å². The van der Waals surface area contributed by atoms with Crippen LogP contribution in [-0.2, 0) is 31.0 Å². The highest BCUT2D eigenvalue weighted by Crippen LogP contribution is 2.43. The molecule has 7 rings (SSSR count). The zero-order chi connectivity index (χ0) is 33.3. The van der Waals surface area contributed by atoms with Gasteiger partial charge in [0, 0.05) is 0 Å². The third-order valence-electron chi connectivity index (χ3n) is 11.1. The number of ether oxygens (including phenoxy) is 2. The Labute approximate surface area is 298 Å². The average Bonchev–Trinajstić information content (AvgIpc) is 3.64. The van der Waals surface area contributed by atoms with Crippen LogP contribution in [0, 0.1) is 11.8 Å². The lowest BCUT2D eigenvalue weighted by atomic mass is 9.77. The average molecular weight is 677 g/mol. The third kappa shape index (κ3) is 8.03. The molecule has 0 unspecified atom stereocenters. The van der Waals surface area contributed by atoms with Gasteiger partial charge in [0.1, 0.15) is 5.60 Å². The minimum absolute atomic E-state index is 0.0855. The highest BCUT2D eigenvalue weighted by Gasteiger charge is 2.52. The summed E-state index contributed by atoms with van der Waals surface area (Å²) in [5.74, 6) is 1.05. The fourth-order valence-corrected chi connectivity index (χ4v) is 8.76. The van der Waals surface area contributed by atoms with E-state index in [1.807, 2.05) is 36.4 Å². The molecule has 0 amide bonds. The van der Waals surface area contributed by atoms with Crippen LogP contribution in [0.3, 0.4) is 0 Å². The summed E-state index contributed by atoms with van der Waals surface area (Å²) < 4.78 is 28.0. The molecule has 1 saturated heterocycles. The zero-order valence-corrected chi connectivity index (χ0v) is 29.3. The molecule has 1 aliphatic heterocycles. The molecule has 3 aliphatic rings. The highest BCUT2D eigenvalue weighted by atomic mass is 35.5. The summed E-state index contributed by atoms with van der Waals surface area (Å²) in [5, 5.41) is -0.566. The first-order valence-corrected chi connectivity index (χ1v) is 19.1. The molecule has 0 aromatic heterocycles. The van der Waals surface area contributed by atoms with E-state index >= 15 is 0 Å². The first-order valence-electron chi connectivity index (χ1n) is 18.6. The van der Waals surface area contributed by atoms with Gasteiger partial charge in [-0.1, -0.05) is 160 Å². The van der Waals surface area contributed by atoms with E-state index in [-0.39, 0.29) is 18.8 Å². The lowest BCUT2D eigenvalue weighted by Gasteiger charge is -2.37. The molecule has 4 aromatic carbocycles. The number of benzene rings is 4. The van der Waals surface area contributed by atoms with E-state index in [2.05, 4.69) is 84.9 Å². The number of hydrogen-bond donors (Lipinski definition) is 0. The van der Waals surface area contributed by atoms with Gasteiger partial charge in [0.25, 0.3) is 0 Å². The predicted molar refractivity (Wildman–Crippen MR) is 198 cm³/mol. The largest absolute Gasteiger partial charge is 0.479 e. The van der Waals surface area contributed by atoms with Crippen molar-refractivity contribution in [2.45, 2.75) is 100 Å². The summed E-state index contributed by atoms with van der Waals surface area (Å²) >= 11 is 7.54. The van der Waals surface area contributed by atoms with Crippen LogP contribution >= 0.6 is 11.6 Å². The second kappa shape index (κ2) is 16.9. The van der Waals surface area contributed by atoms with E-state index in [0.29, 0.717) is 18.4 Å². The third-order valence-corrected chi connectivity index (χ3v) is 11.5. The van der Waals surface area contributed by atoms with Crippen LogP contribution in [0.25, 0.3) is 0 Å². The Morgan fingerprint density at radius 1 is 0.592 bits per heavy atom. The Kier molecular flexibility index (Phi) is 11.9. The van der Waals surface area contributed by atoms with Gasteiger partial charge in [-0.05, 0) is 59.8 Å². The molecule has 2 saturated carbocycles. The molecule has 2 aliphatic carbocycles. The van der Waals surface area contributed by atoms with Crippen molar-refractivity contribution in [3.63, 3.8) is 0 Å². The van der Waals surface area contributed by atoms with Gasteiger partial charge in [-0.25, -0.2) is 0 Å². The summed E-state index contributed by atoms with van der Waals surface area (Å²) in [6, 6.07) is 41.7. The van der Waals surface area contributed by atoms with Crippen LogP contribution in [0.1, 0.15) is 86.5 Å². The first-order chi connectivity index (χ1) is 24.2. The normalized spacial score (nSPS) is 22.2. The Morgan fingerprint density at radius 3 is 1.43 bits per heavy atom. The molecule has 4 nitrogen and oxygen atoms in total. The molecule has 0 N–H and O–H groups in total. The summed E-state index contributed by atoms with van der Waals surface area (Å²) in [6.45, 7) is 0.656. The Hall–Kier alpha value is -2.93. The number of halogens is 1. The van der Waals surface area contributed by atoms with Crippen LogP contribution in [0.5, 0.6) is 0 Å². The first kappa shape index (κ1) is 34.5. The summed E-state index contributed by atoms with van der Waals surface area (Å²) in [4.78, 5) is 0. The van der Waals surface area contributed by atoms with E-state index in [1.54, 1.807) is 0 Å². The van der Waals surface area contributed by atoms with Gasteiger partial charge in [-0.2, -0.15) is 0 Å². The van der Waals surface area contributed by atoms with E-state index in [9.17, 15) is 0 Å². The monoisotopic (exact) mass is 676 g/mol. The summed E-state index contributed by atoms with van der Waals surface area (Å²) in [7, 11) is -0.565. The fraction of sp³-hybridized carbons (Fsp3) is 0.442. The Bertz CT molecular complexity index is 1410. The Balaban J connectivity index is 1.21. The van der Waals surface area contributed by atoms with Crippen molar-refractivity contribution in [2.24, 2.45) is 11.8 Å². The highest BCUT2D eigenvalue weighted by molar-refractivity contribution is 6.60. The van der Waals surface area contributed by atoms with E-state index in [4.69, 9.17) is 30.4 Å². The number of rotatable bonds is 13. The van der Waals surface area contributed by atoms with Crippen molar-refractivity contribution in [2.75, 3.05) is 6.61 Å². The van der Waals surface area contributed by atoms with Gasteiger partial charge in [-0.3, -0.25) is 0 Å². The van der Waals surface area contributed by atoms with Crippen molar-refractivity contribution < 1.29 is 18.8 Å². The number of hydrogen-bond acceptors (Lipinski definition) is 4.